The van der Waals surface area contributed by atoms with Crippen molar-refractivity contribution in [3.8, 4) is 0 Å². The number of nitrogens with one attached hydrogen (secondary N) is 1. The van der Waals surface area contributed by atoms with E-state index in [-0.39, 0.29) is 0 Å². The standard InChI is InChI=1S/C16H19NO5/c1-11(9-10-12-7-5-4-6-8-12)14(18)17-13(15(19)21-2)16(20)22-3/h4-11,13H,1-3H3,(H,17,18)/b10-9+. The Morgan fingerprint density at radius 3 is 2.09 bits per heavy atom. The van der Waals surface area contributed by atoms with Gasteiger partial charge in [0.2, 0.25) is 11.9 Å². The summed E-state index contributed by atoms with van der Waals surface area (Å²) in [6.07, 6.45) is 3.46. The molecule has 1 aromatic rings. The molecule has 1 aromatic carbocycles. The quantitative estimate of drug-likeness (QED) is 0.630. The Morgan fingerprint density at radius 2 is 1.59 bits per heavy atom. The molecule has 0 saturated heterocycles. The Morgan fingerprint density at radius 1 is 1.05 bits per heavy atom. The second kappa shape index (κ2) is 8.61. The summed E-state index contributed by atoms with van der Waals surface area (Å²) in [6, 6.07) is 7.99. The number of rotatable bonds is 6. The zero-order valence-corrected chi connectivity index (χ0v) is 12.7. The van der Waals surface area contributed by atoms with E-state index in [0.29, 0.717) is 0 Å². The number of carbonyl (C=O) groups excluding carboxylic acids is 3. The van der Waals surface area contributed by atoms with Gasteiger partial charge in [-0.15, -0.1) is 0 Å². The maximum Gasteiger partial charge on any atom is 0.340 e. The van der Waals surface area contributed by atoms with Gasteiger partial charge in [0.05, 0.1) is 20.1 Å². The molecule has 0 fully saturated rings. The Labute approximate surface area is 129 Å². The molecular formula is C16H19NO5. The number of esters is 2. The van der Waals surface area contributed by atoms with E-state index in [2.05, 4.69) is 14.8 Å². The molecule has 6 heteroatoms. The van der Waals surface area contributed by atoms with Crippen molar-refractivity contribution in [3.05, 3.63) is 42.0 Å². The largest absolute Gasteiger partial charge is 0.467 e. The third kappa shape index (κ3) is 5.05. The molecule has 0 aliphatic rings. The Bertz CT molecular complexity index is 537. The predicted molar refractivity (Wildman–Crippen MR) is 80.6 cm³/mol. The van der Waals surface area contributed by atoms with Crippen LogP contribution in [0.5, 0.6) is 0 Å². The summed E-state index contributed by atoms with van der Waals surface area (Å²) in [7, 11) is 2.26. The molecule has 0 bridgehead atoms. The third-order valence-electron chi connectivity index (χ3n) is 2.95. The van der Waals surface area contributed by atoms with E-state index < -0.39 is 29.8 Å². The molecule has 6 nitrogen and oxygen atoms in total. The lowest BCUT2D eigenvalue weighted by Crippen LogP contribution is -2.49. The molecule has 0 saturated carbocycles. The van der Waals surface area contributed by atoms with Gasteiger partial charge in [-0.3, -0.25) is 4.79 Å². The van der Waals surface area contributed by atoms with Gasteiger partial charge in [0.25, 0.3) is 0 Å². The second-order valence-corrected chi connectivity index (χ2v) is 4.55. The number of methoxy groups -OCH3 is 2. The zero-order chi connectivity index (χ0) is 16.5. The van der Waals surface area contributed by atoms with Crippen molar-refractivity contribution in [1.29, 1.82) is 0 Å². The molecule has 0 radical (unpaired) electrons. The molecule has 0 heterocycles. The SMILES string of the molecule is COC(=O)C(NC(=O)C(C)/C=C/c1ccccc1)C(=O)OC. The van der Waals surface area contributed by atoms with E-state index in [1.165, 1.54) is 0 Å². The first-order chi connectivity index (χ1) is 10.5. The van der Waals surface area contributed by atoms with Gasteiger partial charge in [-0.1, -0.05) is 49.4 Å². The first-order valence-electron chi connectivity index (χ1n) is 6.69. The maximum absolute atomic E-state index is 12.0. The molecular weight excluding hydrogens is 286 g/mol. The van der Waals surface area contributed by atoms with Crippen molar-refractivity contribution in [1.82, 2.24) is 5.32 Å². The number of ether oxygens (including phenoxy) is 2. The van der Waals surface area contributed by atoms with Gasteiger partial charge < -0.3 is 14.8 Å². The Kier molecular flexibility index (Phi) is 6.82. The lowest BCUT2D eigenvalue weighted by atomic mass is 10.1. The molecule has 0 aliphatic carbocycles. The summed E-state index contributed by atoms with van der Waals surface area (Å²) in [6.45, 7) is 1.65. The Hall–Kier alpha value is -2.63. The van der Waals surface area contributed by atoms with Crippen LogP contribution in [0.25, 0.3) is 6.08 Å². The molecule has 1 rings (SSSR count). The fourth-order valence-corrected chi connectivity index (χ4v) is 1.63. The monoisotopic (exact) mass is 305 g/mol. The van der Waals surface area contributed by atoms with Gasteiger partial charge in [0, 0.05) is 0 Å². The molecule has 0 aromatic heterocycles. The lowest BCUT2D eigenvalue weighted by Gasteiger charge is -2.15. The highest BCUT2D eigenvalue weighted by atomic mass is 16.5. The highest BCUT2D eigenvalue weighted by Gasteiger charge is 2.31. The third-order valence-corrected chi connectivity index (χ3v) is 2.95. The van der Waals surface area contributed by atoms with Crippen LogP contribution in [0.4, 0.5) is 0 Å². The number of amides is 1. The van der Waals surface area contributed by atoms with Crippen LogP contribution in [-0.2, 0) is 23.9 Å². The molecule has 1 atom stereocenters. The van der Waals surface area contributed by atoms with Crippen molar-refractivity contribution < 1.29 is 23.9 Å². The van der Waals surface area contributed by atoms with Crippen LogP contribution in [-0.4, -0.2) is 38.1 Å². The normalized spacial score (nSPS) is 12.0. The van der Waals surface area contributed by atoms with Gasteiger partial charge in [-0.25, -0.2) is 9.59 Å². The smallest absolute Gasteiger partial charge is 0.340 e. The van der Waals surface area contributed by atoms with Crippen LogP contribution in [0.2, 0.25) is 0 Å². The first kappa shape index (κ1) is 17.4. The molecule has 22 heavy (non-hydrogen) atoms. The van der Waals surface area contributed by atoms with Crippen LogP contribution in [0.3, 0.4) is 0 Å². The summed E-state index contributed by atoms with van der Waals surface area (Å²) in [4.78, 5) is 35.0. The number of hydrogen-bond acceptors (Lipinski definition) is 5. The summed E-state index contributed by atoms with van der Waals surface area (Å²) in [5.74, 6) is -2.76. The highest BCUT2D eigenvalue weighted by Crippen LogP contribution is 2.06. The molecule has 1 unspecified atom stereocenters. The van der Waals surface area contributed by atoms with Crippen LogP contribution in [0.15, 0.2) is 36.4 Å². The molecule has 118 valence electrons. The molecule has 1 N–H and O–H groups in total. The number of benzene rings is 1. The number of hydrogen-bond donors (Lipinski definition) is 1. The van der Waals surface area contributed by atoms with E-state index in [4.69, 9.17) is 0 Å². The van der Waals surface area contributed by atoms with Gasteiger partial charge in [-0.05, 0) is 5.56 Å². The van der Waals surface area contributed by atoms with E-state index in [9.17, 15) is 14.4 Å². The van der Waals surface area contributed by atoms with Crippen LogP contribution < -0.4 is 5.32 Å². The fourth-order valence-electron chi connectivity index (χ4n) is 1.63. The average Bonchev–Trinajstić information content (AvgIpc) is 2.56. The molecule has 0 aliphatic heterocycles. The Balaban J connectivity index is 2.71. The average molecular weight is 305 g/mol. The minimum absolute atomic E-state index is 0.479. The van der Waals surface area contributed by atoms with Gasteiger partial charge in [0.15, 0.2) is 0 Å². The number of carbonyl (C=O) groups is 3. The first-order valence-corrected chi connectivity index (χ1v) is 6.69. The highest BCUT2D eigenvalue weighted by molar-refractivity contribution is 6.02. The van der Waals surface area contributed by atoms with E-state index >= 15 is 0 Å². The minimum Gasteiger partial charge on any atom is -0.467 e. The van der Waals surface area contributed by atoms with Gasteiger partial charge in [-0.2, -0.15) is 0 Å². The minimum atomic E-state index is -1.46. The summed E-state index contributed by atoms with van der Waals surface area (Å²) >= 11 is 0. The van der Waals surface area contributed by atoms with Crippen molar-refractivity contribution in [2.24, 2.45) is 5.92 Å². The van der Waals surface area contributed by atoms with E-state index in [1.54, 1.807) is 19.1 Å². The van der Waals surface area contributed by atoms with Crippen LogP contribution >= 0.6 is 0 Å². The van der Waals surface area contributed by atoms with Crippen molar-refractivity contribution in [2.45, 2.75) is 13.0 Å². The fraction of sp³-hybridized carbons (Fsp3) is 0.312. The van der Waals surface area contributed by atoms with Crippen molar-refractivity contribution in [2.75, 3.05) is 14.2 Å². The lowest BCUT2D eigenvalue weighted by molar-refractivity contribution is -0.157. The van der Waals surface area contributed by atoms with Crippen LogP contribution in [0.1, 0.15) is 12.5 Å². The summed E-state index contributed by atoms with van der Waals surface area (Å²) < 4.78 is 8.95. The van der Waals surface area contributed by atoms with Gasteiger partial charge in [0.1, 0.15) is 0 Å². The van der Waals surface area contributed by atoms with E-state index in [0.717, 1.165) is 19.8 Å². The predicted octanol–water partition coefficient (Wildman–Crippen LogP) is 1.17. The summed E-state index contributed by atoms with van der Waals surface area (Å²) in [5.41, 5.74) is 0.944. The summed E-state index contributed by atoms with van der Waals surface area (Å²) in [5, 5.41) is 2.32. The van der Waals surface area contributed by atoms with Crippen molar-refractivity contribution >= 4 is 23.9 Å². The zero-order valence-electron chi connectivity index (χ0n) is 12.7. The topological polar surface area (TPSA) is 81.7 Å². The maximum atomic E-state index is 12.0. The van der Waals surface area contributed by atoms with Gasteiger partial charge >= 0.3 is 11.9 Å². The van der Waals surface area contributed by atoms with E-state index in [1.807, 2.05) is 30.3 Å². The van der Waals surface area contributed by atoms with Crippen LogP contribution in [0, 0.1) is 5.92 Å². The second-order valence-electron chi connectivity index (χ2n) is 4.55. The molecule has 0 spiro atoms. The molecule has 1 amide bonds. The van der Waals surface area contributed by atoms with Crippen molar-refractivity contribution in [3.63, 3.8) is 0 Å².